The minimum Gasteiger partial charge on any atom is -0.480 e. The van der Waals surface area contributed by atoms with Gasteiger partial charge in [0.15, 0.2) is 6.20 Å². The fourth-order valence-corrected chi connectivity index (χ4v) is 1.86. The Kier molecular flexibility index (Phi) is 2.90. The van der Waals surface area contributed by atoms with Crippen molar-refractivity contribution < 1.29 is 14.8 Å². The Morgan fingerprint density at radius 3 is 2.67 bits per heavy atom. The third-order valence-electron chi connectivity index (χ3n) is 3.18. The van der Waals surface area contributed by atoms with E-state index in [0.29, 0.717) is 5.69 Å². The lowest BCUT2D eigenvalue weighted by Gasteiger charge is -2.26. The summed E-state index contributed by atoms with van der Waals surface area (Å²) in [6.07, 6.45) is 3.02. The van der Waals surface area contributed by atoms with Crippen LogP contribution in [0.3, 0.4) is 0 Å². The van der Waals surface area contributed by atoms with E-state index in [4.69, 9.17) is 0 Å². The summed E-state index contributed by atoms with van der Waals surface area (Å²) in [5.74, 6) is -1.10. The first kappa shape index (κ1) is 12.3. The van der Waals surface area contributed by atoms with Crippen LogP contribution < -0.4 is 5.32 Å². The fraction of sp³-hybridized carbons (Fsp3) is 0.455. The van der Waals surface area contributed by atoms with Gasteiger partial charge in [0.2, 0.25) is 0 Å². The molecular weight excluding hydrogens is 238 g/mol. The van der Waals surface area contributed by atoms with Crippen molar-refractivity contribution in [2.75, 3.05) is 5.32 Å². The van der Waals surface area contributed by atoms with Gasteiger partial charge in [0.05, 0.1) is 5.69 Å². The SMILES string of the molecule is CC(Nc1ccc([N+](=O)[O-])nc1)(C(=O)O)C1CC1. The number of aromatic nitrogens is 1. The molecule has 0 spiro atoms. The summed E-state index contributed by atoms with van der Waals surface area (Å²) in [5.41, 5.74) is -0.574. The van der Waals surface area contributed by atoms with Crippen molar-refractivity contribution in [1.82, 2.24) is 4.98 Å². The zero-order valence-electron chi connectivity index (χ0n) is 9.79. The van der Waals surface area contributed by atoms with E-state index in [1.165, 1.54) is 18.3 Å². The van der Waals surface area contributed by atoms with Crippen LogP contribution >= 0.6 is 0 Å². The molecule has 7 heteroatoms. The maximum Gasteiger partial charge on any atom is 0.363 e. The normalized spacial score (nSPS) is 17.8. The van der Waals surface area contributed by atoms with Crippen LogP contribution in [0.2, 0.25) is 0 Å². The second-order valence-electron chi connectivity index (χ2n) is 4.57. The Hall–Kier alpha value is -2.18. The number of hydrogen-bond donors (Lipinski definition) is 2. The maximum atomic E-state index is 11.3. The maximum absolute atomic E-state index is 11.3. The Labute approximate surface area is 103 Å². The Morgan fingerprint density at radius 2 is 2.28 bits per heavy atom. The first-order valence-electron chi connectivity index (χ1n) is 5.55. The van der Waals surface area contributed by atoms with E-state index < -0.39 is 16.4 Å². The molecule has 0 aliphatic heterocycles. The third-order valence-corrected chi connectivity index (χ3v) is 3.18. The standard InChI is InChI=1S/C11H13N3O4/c1-11(10(15)16,7-2-3-7)13-8-4-5-9(12-6-8)14(17)18/h4-7,13H,2-3H2,1H3,(H,15,16). The van der Waals surface area contributed by atoms with Gasteiger partial charge in [-0.2, -0.15) is 0 Å². The summed E-state index contributed by atoms with van der Waals surface area (Å²) < 4.78 is 0. The molecule has 2 N–H and O–H groups in total. The summed E-state index contributed by atoms with van der Waals surface area (Å²) in [6.45, 7) is 1.62. The average molecular weight is 251 g/mol. The van der Waals surface area contributed by atoms with Crippen LogP contribution in [0.15, 0.2) is 18.3 Å². The van der Waals surface area contributed by atoms with Crippen LogP contribution in [-0.2, 0) is 4.79 Å². The Morgan fingerprint density at radius 1 is 1.61 bits per heavy atom. The van der Waals surface area contributed by atoms with Crippen LogP contribution in [0, 0.1) is 16.0 Å². The highest BCUT2D eigenvalue weighted by Crippen LogP contribution is 2.41. The number of nitrogens with one attached hydrogen (secondary N) is 1. The Bertz CT molecular complexity index is 484. The molecule has 1 aromatic rings. The van der Waals surface area contributed by atoms with Crippen LogP contribution in [-0.4, -0.2) is 26.5 Å². The summed E-state index contributed by atoms with van der Waals surface area (Å²) in [4.78, 5) is 24.8. The second kappa shape index (κ2) is 4.25. The van der Waals surface area contributed by atoms with Gasteiger partial charge in [0.1, 0.15) is 5.54 Å². The number of pyridine rings is 1. The van der Waals surface area contributed by atoms with Crippen LogP contribution in [0.25, 0.3) is 0 Å². The van der Waals surface area contributed by atoms with Crippen molar-refractivity contribution in [3.63, 3.8) is 0 Å². The third kappa shape index (κ3) is 2.24. The monoisotopic (exact) mass is 251 g/mol. The summed E-state index contributed by atoms with van der Waals surface area (Å²) in [7, 11) is 0. The molecule has 1 aromatic heterocycles. The molecule has 18 heavy (non-hydrogen) atoms. The molecule has 1 aliphatic rings. The predicted octanol–water partition coefficient (Wildman–Crippen LogP) is 1.65. The number of anilines is 1. The van der Waals surface area contributed by atoms with Gasteiger partial charge >= 0.3 is 11.8 Å². The molecule has 1 heterocycles. The van der Waals surface area contributed by atoms with E-state index >= 15 is 0 Å². The largest absolute Gasteiger partial charge is 0.480 e. The predicted molar refractivity (Wildman–Crippen MR) is 63.3 cm³/mol. The van der Waals surface area contributed by atoms with Gasteiger partial charge in [-0.05, 0) is 41.7 Å². The number of rotatable bonds is 5. The van der Waals surface area contributed by atoms with Gasteiger partial charge < -0.3 is 20.5 Å². The van der Waals surface area contributed by atoms with E-state index in [1.807, 2.05) is 0 Å². The number of aliphatic carboxylic acids is 1. The molecule has 7 nitrogen and oxygen atoms in total. The summed E-state index contributed by atoms with van der Waals surface area (Å²) in [5, 5.41) is 22.6. The lowest BCUT2D eigenvalue weighted by molar-refractivity contribution is -0.389. The highest BCUT2D eigenvalue weighted by atomic mass is 16.6. The number of nitro groups is 1. The molecule has 2 rings (SSSR count). The zero-order valence-corrected chi connectivity index (χ0v) is 9.79. The van der Waals surface area contributed by atoms with Gasteiger partial charge in [-0.15, -0.1) is 0 Å². The molecule has 1 aliphatic carbocycles. The summed E-state index contributed by atoms with van der Waals surface area (Å²) >= 11 is 0. The molecule has 0 aromatic carbocycles. The number of carboxylic acid groups (broad SMARTS) is 1. The minimum absolute atomic E-state index is 0.0881. The fourth-order valence-electron chi connectivity index (χ4n) is 1.86. The molecule has 0 bridgehead atoms. The van der Waals surface area contributed by atoms with Crippen molar-refractivity contribution in [3.8, 4) is 0 Å². The highest BCUT2D eigenvalue weighted by molar-refractivity contribution is 5.83. The van der Waals surface area contributed by atoms with Crippen molar-refractivity contribution in [3.05, 3.63) is 28.4 Å². The second-order valence-corrected chi connectivity index (χ2v) is 4.57. The van der Waals surface area contributed by atoms with E-state index in [1.54, 1.807) is 6.92 Å². The molecule has 0 amide bonds. The number of carbonyl (C=O) groups is 1. The molecule has 1 fully saturated rings. The lowest BCUT2D eigenvalue weighted by atomic mass is 9.96. The van der Waals surface area contributed by atoms with Gasteiger partial charge in [0, 0.05) is 6.07 Å². The first-order chi connectivity index (χ1) is 8.43. The van der Waals surface area contributed by atoms with Gasteiger partial charge in [0.25, 0.3) is 0 Å². The van der Waals surface area contributed by atoms with E-state index in [0.717, 1.165) is 12.8 Å². The molecule has 1 unspecified atom stereocenters. The van der Waals surface area contributed by atoms with E-state index in [-0.39, 0.29) is 11.7 Å². The highest BCUT2D eigenvalue weighted by Gasteiger charge is 2.47. The quantitative estimate of drug-likeness (QED) is 0.609. The van der Waals surface area contributed by atoms with Crippen LogP contribution in [0.5, 0.6) is 0 Å². The van der Waals surface area contributed by atoms with Crippen molar-refractivity contribution in [2.24, 2.45) is 5.92 Å². The number of nitrogens with zero attached hydrogens (tertiary/aromatic N) is 2. The van der Waals surface area contributed by atoms with Crippen molar-refractivity contribution >= 4 is 17.5 Å². The molecule has 0 saturated heterocycles. The molecular formula is C11H13N3O4. The molecule has 1 saturated carbocycles. The summed E-state index contributed by atoms with van der Waals surface area (Å²) in [6, 6.07) is 2.71. The number of carboxylic acids is 1. The molecule has 0 radical (unpaired) electrons. The first-order valence-corrected chi connectivity index (χ1v) is 5.55. The van der Waals surface area contributed by atoms with E-state index in [2.05, 4.69) is 10.3 Å². The Balaban J connectivity index is 2.17. The van der Waals surface area contributed by atoms with Crippen molar-refractivity contribution in [2.45, 2.75) is 25.3 Å². The van der Waals surface area contributed by atoms with Gasteiger partial charge in [-0.3, -0.25) is 0 Å². The van der Waals surface area contributed by atoms with Crippen molar-refractivity contribution in [1.29, 1.82) is 0 Å². The van der Waals surface area contributed by atoms with Crippen LogP contribution in [0.1, 0.15) is 19.8 Å². The van der Waals surface area contributed by atoms with Crippen LogP contribution in [0.4, 0.5) is 11.5 Å². The van der Waals surface area contributed by atoms with E-state index in [9.17, 15) is 20.0 Å². The number of hydrogen-bond acceptors (Lipinski definition) is 5. The average Bonchev–Trinajstić information content (AvgIpc) is 3.13. The minimum atomic E-state index is -1.04. The smallest absolute Gasteiger partial charge is 0.363 e. The molecule has 1 atom stereocenters. The lowest BCUT2D eigenvalue weighted by Crippen LogP contribution is -2.45. The zero-order chi connectivity index (χ0) is 13.3. The van der Waals surface area contributed by atoms with Gasteiger partial charge in [-0.25, -0.2) is 4.79 Å². The molecule has 96 valence electrons. The van der Waals surface area contributed by atoms with Gasteiger partial charge in [-0.1, -0.05) is 0 Å². The topological polar surface area (TPSA) is 105 Å².